The molecule has 7 heteroatoms. The molecule has 0 unspecified atom stereocenters. The van der Waals surface area contributed by atoms with E-state index in [9.17, 15) is 13.0 Å². The van der Waals surface area contributed by atoms with Gasteiger partial charge in [-0.25, -0.2) is 8.42 Å². The van der Waals surface area contributed by atoms with Gasteiger partial charge in [0.25, 0.3) is 10.4 Å². The van der Waals surface area contributed by atoms with Crippen LogP contribution >= 0.6 is 11.6 Å². The molecule has 0 aromatic carbocycles. The summed E-state index contributed by atoms with van der Waals surface area (Å²) in [5, 5.41) is 0.259. The van der Waals surface area contributed by atoms with Crippen molar-refractivity contribution in [3.05, 3.63) is 11.3 Å². The minimum Gasteiger partial charge on any atom is -0.716 e. The molecule has 0 aliphatic carbocycles. The summed E-state index contributed by atoms with van der Waals surface area (Å²) in [6, 6.07) is 0. The Morgan fingerprint density at radius 3 is 2.29 bits per heavy atom. The molecule has 0 atom stereocenters. The molecule has 0 N–H and O–H groups in total. The second-order valence-electron chi connectivity index (χ2n) is 3.59. The third-order valence-electron chi connectivity index (χ3n) is 2.06. The standard InChI is InChI=1S/C10H19ClO4S.Li/c1-2-3-4-5-6-7-8-10(11)9-15-16(12,13)14;/h9H,2-8H2,1H3,(H,12,13,14);/q;+1/p-1/b10-9+;. The van der Waals surface area contributed by atoms with Gasteiger partial charge < -0.3 is 8.74 Å². The number of allylic oxidation sites excluding steroid dienone is 1. The molecule has 0 aliphatic heterocycles. The second kappa shape index (κ2) is 11.4. The maximum atomic E-state index is 10.1. The zero-order chi connectivity index (χ0) is 12.4. The van der Waals surface area contributed by atoms with Crippen LogP contribution in [-0.2, 0) is 14.6 Å². The molecule has 0 bridgehead atoms. The first-order valence-corrected chi connectivity index (χ1v) is 7.15. The fourth-order valence-corrected chi connectivity index (χ4v) is 1.71. The van der Waals surface area contributed by atoms with Crippen LogP contribution in [0.4, 0.5) is 0 Å². The zero-order valence-electron chi connectivity index (χ0n) is 10.4. The molecular weight excluding hydrogens is 259 g/mol. The van der Waals surface area contributed by atoms with Gasteiger partial charge in [0, 0.05) is 0 Å². The Labute approximate surface area is 121 Å². The molecule has 0 saturated carbocycles. The maximum Gasteiger partial charge on any atom is 1.00 e. The monoisotopic (exact) mass is 276 g/mol. The van der Waals surface area contributed by atoms with Gasteiger partial charge in [0.1, 0.15) is 6.26 Å². The molecule has 0 amide bonds. The SMILES string of the molecule is CCCCCCCC/C(Cl)=C\OS(=O)(=O)[O-].[Li+]. The summed E-state index contributed by atoms with van der Waals surface area (Å²) in [5.41, 5.74) is 0. The van der Waals surface area contributed by atoms with Crippen LogP contribution in [0.2, 0.25) is 0 Å². The number of halogens is 1. The number of rotatable bonds is 9. The Balaban J connectivity index is 0. The van der Waals surface area contributed by atoms with E-state index in [2.05, 4.69) is 11.1 Å². The fraction of sp³-hybridized carbons (Fsp3) is 0.800. The molecule has 0 rings (SSSR count). The molecule has 0 aliphatic rings. The Morgan fingerprint density at radius 1 is 1.24 bits per heavy atom. The van der Waals surface area contributed by atoms with E-state index in [1.807, 2.05) is 0 Å². The number of hydrogen-bond acceptors (Lipinski definition) is 4. The molecule has 0 aromatic heterocycles. The molecule has 0 fully saturated rings. The average molecular weight is 277 g/mol. The van der Waals surface area contributed by atoms with Crippen LogP contribution in [0.1, 0.15) is 51.9 Å². The third-order valence-corrected chi connectivity index (χ3v) is 2.67. The summed E-state index contributed by atoms with van der Waals surface area (Å²) >= 11 is 5.66. The predicted octanol–water partition coefficient (Wildman–Crippen LogP) is 0.298. The van der Waals surface area contributed by atoms with Crippen LogP contribution in [0, 0.1) is 0 Å². The van der Waals surface area contributed by atoms with Gasteiger partial charge in [0.05, 0.1) is 5.03 Å². The molecule has 0 heterocycles. The molecule has 0 spiro atoms. The zero-order valence-corrected chi connectivity index (χ0v) is 12.0. The van der Waals surface area contributed by atoms with Crippen LogP contribution in [0.5, 0.6) is 0 Å². The molecule has 96 valence electrons. The van der Waals surface area contributed by atoms with E-state index in [1.165, 1.54) is 19.3 Å². The smallest absolute Gasteiger partial charge is 0.716 e. The summed E-state index contributed by atoms with van der Waals surface area (Å²) in [6.07, 6.45) is 8.08. The van der Waals surface area contributed by atoms with E-state index < -0.39 is 10.4 Å². The Hall–Kier alpha value is 0.337. The molecular formula is C10H18ClLiO4S. The van der Waals surface area contributed by atoms with Crippen LogP contribution in [0.3, 0.4) is 0 Å². The van der Waals surface area contributed by atoms with Crippen molar-refractivity contribution in [1.82, 2.24) is 0 Å². The van der Waals surface area contributed by atoms with Gasteiger partial charge in [-0.1, -0.05) is 50.6 Å². The van der Waals surface area contributed by atoms with Gasteiger partial charge in [0.2, 0.25) is 0 Å². The van der Waals surface area contributed by atoms with Gasteiger partial charge in [-0.15, -0.1) is 0 Å². The van der Waals surface area contributed by atoms with Gasteiger partial charge in [-0.2, -0.15) is 0 Å². The number of hydrogen-bond donors (Lipinski definition) is 0. The molecule has 4 nitrogen and oxygen atoms in total. The van der Waals surface area contributed by atoms with Crippen molar-refractivity contribution < 1.29 is 36.0 Å². The molecule has 17 heavy (non-hydrogen) atoms. The minimum absolute atomic E-state index is 0. The molecule has 0 aromatic rings. The van der Waals surface area contributed by atoms with Crippen LogP contribution in [0.25, 0.3) is 0 Å². The van der Waals surface area contributed by atoms with Gasteiger partial charge in [0.15, 0.2) is 0 Å². The van der Waals surface area contributed by atoms with E-state index in [1.54, 1.807) is 0 Å². The van der Waals surface area contributed by atoms with Crippen molar-refractivity contribution >= 4 is 22.0 Å². The summed E-state index contributed by atoms with van der Waals surface area (Å²) in [7, 11) is -4.67. The first-order chi connectivity index (χ1) is 7.45. The van der Waals surface area contributed by atoms with E-state index in [0.29, 0.717) is 6.42 Å². The molecule has 0 saturated heterocycles. The van der Waals surface area contributed by atoms with Gasteiger partial charge in [-0.3, -0.25) is 0 Å². The second-order valence-corrected chi connectivity index (χ2v) is 5.08. The van der Waals surface area contributed by atoms with Crippen LogP contribution in [-0.4, -0.2) is 13.0 Å². The Kier molecular flexibility index (Phi) is 13.2. The minimum atomic E-state index is -4.67. The van der Waals surface area contributed by atoms with E-state index in [4.69, 9.17) is 11.6 Å². The van der Waals surface area contributed by atoms with Crippen molar-refractivity contribution in [2.24, 2.45) is 0 Å². The van der Waals surface area contributed by atoms with Crippen LogP contribution in [0.15, 0.2) is 11.3 Å². The number of unbranched alkanes of at least 4 members (excludes halogenated alkanes) is 5. The van der Waals surface area contributed by atoms with E-state index in [0.717, 1.165) is 25.5 Å². The van der Waals surface area contributed by atoms with Gasteiger partial charge in [-0.05, 0) is 12.8 Å². The van der Waals surface area contributed by atoms with Crippen molar-refractivity contribution in [3.63, 3.8) is 0 Å². The third kappa shape index (κ3) is 16.3. The van der Waals surface area contributed by atoms with Crippen molar-refractivity contribution in [3.8, 4) is 0 Å². The normalized spacial score (nSPS) is 12.1. The Bertz CT molecular complexity index is 303. The van der Waals surface area contributed by atoms with E-state index in [-0.39, 0.29) is 23.9 Å². The largest absolute Gasteiger partial charge is 1.00 e. The maximum absolute atomic E-state index is 10.1. The average Bonchev–Trinajstić information content (AvgIpc) is 2.19. The predicted molar refractivity (Wildman–Crippen MR) is 62.7 cm³/mol. The summed E-state index contributed by atoms with van der Waals surface area (Å²) in [5.74, 6) is 0. The fourth-order valence-electron chi connectivity index (χ4n) is 1.24. The van der Waals surface area contributed by atoms with E-state index >= 15 is 0 Å². The molecule has 0 radical (unpaired) electrons. The quantitative estimate of drug-likeness (QED) is 0.200. The van der Waals surface area contributed by atoms with Gasteiger partial charge >= 0.3 is 18.9 Å². The van der Waals surface area contributed by atoms with Crippen molar-refractivity contribution in [2.45, 2.75) is 51.9 Å². The summed E-state index contributed by atoms with van der Waals surface area (Å²) in [6.45, 7) is 2.15. The topological polar surface area (TPSA) is 66.4 Å². The first kappa shape index (κ1) is 19.7. The van der Waals surface area contributed by atoms with Crippen LogP contribution < -0.4 is 18.9 Å². The summed E-state index contributed by atoms with van der Waals surface area (Å²) < 4.78 is 34.2. The van der Waals surface area contributed by atoms with Crippen molar-refractivity contribution in [1.29, 1.82) is 0 Å². The van der Waals surface area contributed by atoms with Crippen molar-refractivity contribution in [2.75, 3.05) is 0 Å². The summed E-state index contributed by atoms with van der Waals surface area (Å²) in [4.78, 5) is 0. The Morgan fingerprint density at radius 2 is 1.76 bits per heavy atom. The first-order valence-electron chi connectivity index (χ1n) is 5.44.